The van der Waals surface area contributed by atoms with E-state index in [9.17, 15) is 18.0 Å². The first-order valence-electron chi connectivity index (χ1n) is 8.92. The Bertz CT molecular complexity index is 1040. The molecule has 0 saturated carbocycles. The van der Waals surface area contributed by atoms with Crippen molar-refractivity contribution >= 4 is 43.5 Å². The lowest BCUT2D eigenvalue weighted by atomic mass is 10.2. The first-order valence-corrected chi connectivity index (χ1v) is 11.2. The largest absolute Gasteiger partial charge is 0.482 e. The van der Waals surface area contributed by atoms with Crippen LogP contribution in [-0.2, 0) is 24.3 Å². The molecule has 1 atom stereocenters. The molecule has 10 heteroatoms. The number of esters is 1. The first-order chi connectivity index (χ1) is 14.0. The van der Waals surface area contributed by atoms with Crippen molar-refractivity contribution in [2.24, 2.45) is 0 Å². The van der Waals surface area contributed by atoms with E-state index in [1.165, 1.54) is 33.2 Å². The molecule has 1 N–H and O–H groups in total. The van der Waals surface area contributed by atoms with Crippen LogP contribution in [0.5, 0.6) is 5.75 Å². The molecule has 0 saturated heterocycles. The van der Waals surface area contributed by atoms with Crippen molar-refractivity contribution < 1.29 is 27.5 Å². The molecule has 0 aromatic heterocycles. The van der Waals surface area contributed by atoms with Crippen molar-refractivity contribution in [1.82, 2.24) is 4.31 Å². The lowest BCUT2D eigenvalue weighted by Crippen LogP contribution is -2.32. The zero-order chi connectivity index (χ0) is 22.5. The monoisotopic (exact) mass is 498 g/mol. The normalized spacial score (nSPS) is 12.3. The summed E-state index contributed by atoms with van der Waals surface area (Å²) in [6, 6.07) is 11.4. The third kappa shape index (κ3) is 6.28. The summed E-state index contributed by atoms with van der Waals surface area (Å²) in [7, 11) is -0.808. The number of anilines is 1. The molecule has 0 aliphatic rings. The van der Waals surface area contributed by atoms with Gasteiger partial charge in [-0.15, -0.1) is 0 Å². The Hall–Kier alpha value is -2.43. The van der Waals surface area contributed by atoms with E-state index in [2.05, 4.69) is 21.2 Å². The van der Waals surface area contributed by atoms with Gasteiger partial charge in [-0.25, -0.2) is 17.5 Å². The Labute approximate surface area is 184 Å². The highest BCUT2D eigenvalue weighted by atomic mass is 79.9. The quantitative estimate of drug-likeness (QED) is 0.561. The zero-order valence-electron chi connectivity index (χ0n) is 17.0. The number of halogens is 1. The molecule has 8 nitrogen and oxygen atoms in total. The van der Waals surface area contributed by atoms with E-state index < -0.39 is 28.0 Å². The maximum absolute atomic E-state index is 12.4. The molecule has 0 spiro atoms. The zero-order valence-corrected chi connectivity index (χ0v) is 19.4. The lowest BCUT2D eigenvalue weighted by Gasteiger charge is -2.17. The van der Waals surface area contributed by atoms with Crippen LogP contribution in [0.3, 0.4) is 0 Å². The molecule has 2 aromatic rings. The predicted molar refractivity (Wildman–Crippen MR) is 116 cm³/mol. The summed E-state index contributed by atoms with van der Waals surface area (Å²) < 4.78 is 36.9. The highest BCUT2D eigenvalue weighted by Gasteiger charge is 2.22. The van der Waals surface area contributed by atoms with Gasteiger partial charge in [-0.3, -0.25) is 4.79 Å². The summed E-state index contributed by atoms with van der Waals surface area (Å²) in [6.07, 6.45) is -1.10. The number of benzene rings is 2. The Balaban J connectivity index is 1.99. The van der Waals surface area contributed by atoms with Crippen LogP contribution in [0.1, 0.15) is 12.5 Å². The van der Waals surface area contributed by atoms with E-state index in [0.29, 0.717) is 17.0 Å². The van der Waals surface area contributed by atoms with E-state index in [4.69, 9.17) is 9.47 Å². The minimum atomic E-state index is -3.65. The molecule has 2 rings (SSSR count). The summed E-state index contributed by atoms with van der Waals surface area (Å²) in [5.41, 5.74) is 0.980. The average molecular weight is 499 g/mol. The molecular weight excluding hydrogens is 476 g/mol. The fourth-order valence-electron chi connectivity index (χ4n) is 2.33. The van der Waals surface area contributed by atoms with Gasteiger partial charge in [0.1, 0.15) is 5.75 Å². The Morgan fingerprint density at radius 1 is 1.17 bits per heavy atom. The second-order valence-electron chi connectivity index (χ2n) is 6.63. The van der Waals surface area contributed by atoms with Gasteiger partial charge in [-0.1, -0.05) is 28.1 Å². The fourth-order valence-corrected chi connectivity index (χ4v) is 3.63. The van der Waals surface area contributed by atoms with Crippen molar-refractivity contribution in [1.29, 1.82) is 0 Å². The van der Waals surface area contributed by atoms with Crippen LogP contribution < -0.4 is 10.1 Å². The Kier molecular flexibility index (Phi) is 7.99. The van der Waals surface area contributed by atoms with Crippen molar-refractivity contribution in [3.8, 4) is 5.75 Å². The minimum absolute atomic E-state index is 0.0421. The first kappa shape index (κ1) is 23.8. The Morgan fingerprint density at radius 3 is 2.50 bits per heavy atom. The van der Waals surface area contributed by atoms with E-state index in [1.54, 1.807) is 31.2 Å². The topological polar surface area (TPSA) is 102 Å². The summed E-state index contributed by atoms with van der Waals surface area (Å²) in [4.78, 5) is 24.4. The van der Waals surface area contributed by atoms with Crippen molar-refractivity contribution in [3.05, 3.63) is 52.5 Å². The number of sulfonamides is 1. The van der Waals surface area contributed by atoms with Crippen molar-refractivity contribution in [2.45, 2.75) is 24.8 Å². The van der Waals surface area contributed by atoms with Crippen LogP contribution >= 0.6 is 15.9 Å². The maximum Gasteiger partial charge on any atom is 0.344 e. The van der Waals surface area contributed by atoms with E-state index in [-0.39, 0.29) is 11.5 Å². The van der Waals surface area contributed by atoms with Crippen LogP contribution in [0.15, 0.2) is 51.8 Å². The fraction of sp³-hybridized carbons (Fsp3) is 0.300. The van der Waals surface area contributed by atoms with Crippen molar-refractivity contribution in [2.75, 3.05) is 26.0 Å². The molecule has 1 amide bonds. The molecule has 0 heterocycles. The molecule has 1 unspecified atom stereocenters. The van der Waals surface area contributed by atoms with Gasteiger partial charge in [-0.2, -0.15) is 0 Å². The number of nitrogens with zero attached hydrogens (tertiary/aromatic N) is 1. The summed E-state index contributed by atoms with van der Waals surface area (Å²) >= 11 is 3.30. The van der Waals surface area contributed by atoms with Gasteiger partial charge in [0.2, 0.25) is 10.0 Å². The van der Waals surface area contributed by atoms with Gasteiger partial charge in [0.05, 0.1) is 4.90 Å². The number of amides is 1. The van der Waals surface area contributed by atoms with E-state index in [0.717, 1.165) is 8.78 Å². The molecule has 0 fully saturated rings. The molecule has 2 aromatic carbocycles. The number of carbonyl (C=O) groups excluding carboxylic acids is 2. The minimum Gasteiger partial charge on any atom is -0.482 e. The smallest absolute Gasteiger partial charge is 0.344 e. The molecular formula is C20H23BrN2O6S. The standard InChI is InChI=1S/C20H23BrN2O6S/c1-13-8-9-17(30(26,27)23(3)4)11-18(13)22-20(25)14(2)29-19(24)12-28-16-7-5-6-15(21)10-16/h5-11,14H,12H2,1-4H3,(H,22,25). The molecule has 162 valence electrons. The Morgan fingerprint density at radius 2 is 1.87 bits per heavy atom. The predicted octanol–water partition coefficient (Wildman–Crippen LogP) is 2.96. The van der Waals surface area contributed by atoms with Crippen LogP contribution in [0.2, 0.25) is 0 Å². The third-order valence-electron chi connectivity index (χ3n) is 4.08. The number of aryl methyl sites for hydroxylation is 1. The molecule has 0 bridgehead atoms. The third-order valence-corrected chi connectivity index (χ3v) is 6.38. The lowest BCUT2D eigenvalue weighted by molar-refractivity contribution is -0.155. The number of nitrogens with one attached hydrogen (secondary N) is 1. The van der Waals surface area contributed by atoms with Gasteiger partial charge in [0.25, 0.3) is 5.91 Å². The summed E-state index contributed by atoms with van der Waals surface area (Å²) in [5, 5.41) is 2.60. The highest BCUT2D eigenvalue weighted by Crippen LogP contribution is 2.22. The van der Waals surface area contributed by atoms with Crippen molar-refractivity contribution in [3.63, 3.8) is 0 Å². The van der Waals surface area contributed by atoms with Gasteiger partial charge >= 0.3 is 5.97 Å². The van der Waals surface area contributed by atoms with Gasteiger partial charge in [0, 0.05) is 24.3 Å². The number of carbonyl (C=O) groups is 2. The molecule has 0 radical (unpaired) electrons. The van der Waals surface area contributed by atoms with Crippen LogP contribution in [0.4, 0.5) is 5.69 Å². The number of rotatable bonds is 8. The van der Waals surface area contributed by atoms with Gasteiger partial charge in [-0.05, 0) is 49.7 Å². The summed E-state index contributed by atoms with van der Waals surface area (Å²) in [5.74, 6) is -0.820. The summed E-state index contributed by atoms with van der Waals surface area (Å²) in [6.45, 7) is 2.79. The van der Waals surface area contributed by atoms with Gasteiger partial charge < -0.3 is 14.8 Å². The van der Waals surface area contributed by atoms with E-state index in [1.807, 2.05) is 6.07 Å². The SMILES string of the molecule is Cc1ccc(S(=O)(=O)N(C)C)cc1NC(=O)C(C)OC(=O)COc1cccc(Br)c1. The number of ether oxygens (including phenoxy) is 2. The van der Waals surface area contributed by atoms with Crippen LogP contribution in [0, 0.1) is 6.92 Å². The molecule has 30 heavy (non-hydrogen) atoms. The second kappa shape index (κ2) is 10.1. The molecule has 0 aliphatic carbocycles. The second-order valence-corrected chi connectivity index (χ2v) is 9.70. The average Bonchev–Trinajstić information content (AvgIpc) is 2.67. The van der Waals surface area contributed by atoms with E-state index >= 15 is 0 Å². The maximum atomic E-state index is 12.4. The number of hydrogen-bond donors (Lipinski definition) is 1. The van der Waals surface area contributed by atoms with Gasteiger partial charge in [0.15, 0.2) is 12.7 Å². The van der Waals surface area contributed by atoms with Crippen LogP contribution in [-0.4, -0.2) is 51.4 Å². The highest BCUT2D eigenvalue weighted by molar-refractivity contribution is 9.10. The van der Waals surface area contributed by atoms with Crippen LogP contribution in [0.25, 0.3) is 0 Å². The number of hydrogen-bond acceptors (Lipinski definition) is 6. The molecule has 0 aliphatic heterocycles.